The maximum absolute atomic E-state index is 13.7. The van der Waals surface area contributed by atoms with Crippen LogP contribution in [0.15, 0.2) is 48.9 Å². The van der Waals surface area contributed by atoms with Gasteiger partial charge in [-0.05, 0) is 37.1 Å². The molecule has 0 radical (unpaired) electrons. The molecule has 3 heterocycles. The molecule has 0 aliphatic rings. The SMILES string of the molecule is [C-]#[N+]c1cnc(N[C@H](C)c2ccc(NCCC)cc2)nc1-c1c[nH]c2ncc(F)cc12. The smallest absolute Gasteiger partial charge is 0.231 e. The molecule has 0 aliphatic heterocycles. The Morgan fingerprint density at radius 2 is 2.00 bits per heavy atom. The maximum Gasteiger partial charge on any atom is 0.231 e. The van der Waals surface area contributed by atoms with Crippen molar-refractivity contribution >= 4 is 28.4 Å². The highest BCUT2D eigenvalue weighted by molar-refractivity contribution is 5.96. The van der Waals surface area contributed by atoms with Gasteiger partial charge in [0.15, 0.2) is 0 Å². The van der Waals surface area contributed by atoms with E-state index >= 15 is 0 Å². The minimum absolute atomic E-state index is 0.0473. The lowest BCUT2D eigenvalue weighted by Crippen LogP contribution is -2.10. The molecule has 3 N–H and O–H groups in total. The summed E-state index contributed by atoms with van der Waals surface area (Å²) in [6.07, 6.45) is 5.38. The Bertz CT molecular complexity index is 1240. The number of nitrogens with zero attached hydrogens (tertiary/aromatic N) is 4. The van der Waals surface area contributed by atoms with Gasteiger partial charge in [0.05, 0.1) is 24.5 Å². The summed E-state index contributed by atoms with van der Waals surface area (Å²) in [6.45, 7) is 12.6. The molecule has 7 nitrogen and oxygen atoms in total. The molecule has 0 unspecified atom stereocenters. The minimum atomic E-state index is -0.449. The van der Waals surface area contributed by atoms with Gasteiger partial charge in [-0.1, -0.05) is 19.1 Å². The number of nitrogens with one attached hydrogen (secondary N) is 3. The molecule has 1 aromatic carbocycles. The van der Waals surface area contributed by atoms with Crippen molar-refractivity contribution in [2.45, 2.75) is 26.3 Å². The third-order valence-electron chi connectivity index (χ3n) is 4.98. The number of benzene rings is 1. The molecule has 4 rings (SSSR count). The quantitative estimate of drug-likeness (QED) is 0.337. The van der Waals surface area contributed by atoms with Gasteiger partial charge < -0.3 is 15.6 Å². The summed E-state index contributed by atoms with van der Waals surface area (Å²) < 4.78 is 13.7. The van der Waals surface area contributed by atoms with Crippen LogP contribution in [0.4, 0.5) is 21.7 Å². The second kappa shape index (κ2) is 8.79. The Morgan fingerprint density at radius 3 is 2.74 bits per heavy atom. The van der Waals surface area contributed by atoms with Crippen LogP contribution < -0.4 is 10.6 Å². The van der Waals surface area contributed by atoms with Crippen LogP contribution in [0.2, 0.25) is 0 Å². The predicted octanol–water partition coefficient (Wildman–Crippen LogP) is 5.70. The number of anilines is 2. The molecule has 8 heteroatoms. The number of H-pyrrole nitrogens is 1. The zero-order valence-electron chi connectivity index (χ0n) is 17.3. The average Bonchev–Trinajstić information content (AvgIpc) is 3.20. The number of aromatic amines is 1. The summed E-state index contributed by atoms with van der Waals surface area (Å²) in [4.78, 5) is 19.4. The van der Waals surface area contributed by atoms with E-state index in [-0.39, 0.29) is 11.7 Å². The van der Waals surface area contributed by atoms with E-state index in [9.17, 15) is 4.39 Å². The van der Waals surface area contributed by atoms with Crippen molar-refractivity contribution < 1.29 is 4.39 Å². The average molecular weight is 415 g/mol. The van der Waals surface area contributed by atoms with Crippen LogP contribution in [0.25, 0.3) is 27.1 Å². The third-order valence-corrected chi connectivity index (χ3v) is 4.98. The maximum atomic E-state index is 13.7. The van der Waals surface area contributed by atoms with Crippen molar-refractivity contribution in [3.05, 3.63) is 71.7 Å². The Hall–Kier alpha value is -3.99. The molecule has 0 amide bonds. The number of rotatable bonds is 7. The molecule has 0 bridgehead atoms. The van der Waals surface area contributed by atoms with Gasteiger partial charge in [-0.25, -0.2) is 24.2 Å². The van der Waals surface area contributed by atoms with Gasteiger partial charge in [-0.3, -0.25) is 0 Å². The van der Waals surface area contributed by atoms with Crippen molar-refractivity contribution in [1.82, 2.24) is 19.9 Å². The molecule has 0 saturated heterocycles. The first-order chi connectivity index (χ1) is 15.1. The van der Waals surface area contributed by atoms with Crippen molar-refractivity contribution in [2.75, 3.05) is 17.2 Å². The largest absolute Gasteiger partial charge is 0.385 e. The number of halogens is 1. The van der Waals surface area contributed by atoms with Crippen LogP contribution in [-0.4, -0.2) is 26.5 Å². The fraction of sp³-hybridized carbons (Fsp3) is 0.217. The van der Waals surface area contributed by atoms with Crippen LogP contribution in [0, 0.1) is 12.4 Å². The lowest BCUT2D eigenvalue weighted by molar-refractivity contribution is 0.624. The zero-order chi connectivity index (χ0) is 21.8. The van der Waals surface area contributed by atoms with E-state index in [0.29, 0.717) is 28.2 Å². The van der Waals surface area contributed by atoms with Crippen LogP contribution in [0.3, 0.4) is 0 Å². The fourth-order valence-electron chi connectivity index (χ4n) is 3.33. The van der Waals surface area contributed by atoms with E-state index in [1.54, 1.807) is 6.20 Å². The summed E-state index contributed by atoms with van der Waals surface area (Å²) in [5, 5.41) is 7.21. The van der Waals surface area contributed by atoms with Gasteiger partial charge in [0.2, 0.25) is 11.6 Å². The summed E-state index contributed by atoms with van der Waals surface area (Å²) in [5.41, 5.74) is 4.02. The first kappa shape index (κ1) is 20.3. The molecule has 0 spiro atoms. The van der Waals surface area contributed by atoms with Crippen molar-refractivity contribution in [1.29, 1.82) is 0 Å². The van der Waals surface area contributed by atoms with Gasteiger partial charge in [0, 0.05) is 35.6 Å². The van der Waals surface area contributed by atoms with Crippen LogP contribution in [0.1, 0.15) is 31.9 Å². The van der Waals surface area contributed by atoms with E-state index in [2.05, 4.69) is 54.5 Å². The lowest BCUT2D eigenvalue weighted by Gasteiger charge is -2.16. The van der Waals surface area contributed by atoms with Crippen LogP contribution in [-0.2, 0) is 0 Å². The Kier molecular flexibility index (Phi) is 5.76. The van der Waals surface area contributed by atoms with E-state index in [0.717, 1.165) is 30.4 Å². The topological polar surface area (TPSA) is 82.9 Å². The predicted molar refractivity (Wildman–Crippen MR) is 121 cm³/mol. The number of aromatic nitrogens is 4. The van der Waals surface area contributed by atoms with Gasteiger partial charge in [0.25, 0.3) is 0 Å². The lowest BCUT2D eigenvalue weighted by atomic mass is 10.1. The minimum Gasteiger partial charge on any atom is -0.385 e. The molecular formula is C23H22FN7. The number of fused-ring (bicyclic) bond motifs is 1. The molecule has 4 aromatic rings. The normalized spacial score (nSPS) is 11.8. The highest BCUT2D eigenvalue weighted by Gasteiger charge is 2.16. The summed E-state index contributed by atoms with van der Waals surface area (Å²) in [7, 11) is 0. The third kappa shape index (κ3) is 4.31. The summed E-state index contributed by atoms with van der Waals surface area (Å²) in [6, 6.07) is 9.54. The van der Waals surface area contributed by atoms with Crippen molar-refractivity contribution in [3.63, 3.8) is 0 Å². The highest BCUT2D eigenvalue weighted by Crippen LogP contribution is 2.34. The van der Waals surface area contributed by atoms with E-state index in [1.165, 1.54) is 12.3 Å². The van der Waals surface area contributed by atoms with Gasteiger partial charge >= 0.3 is 0 Å². The van der Waals surface area contributed by atoms with E-state index in [1.807, 2.05) is 19.1 Å². The van der Waals surface area contributed by atoms with Crippen molar-refractivity contribution in [3.8, 4) is 11.3 Å². The number of pyridine rings is 1. The molecule has 0 saturated carbocycles. The molecule has 0 fully saturated rings. The Balaban J connectivity index is 1.61. The van der Waals surface area contributed by atoms with Crippen LogP contribution in [0.5, 0.6) is 0 Å². The zero-order valence-corrected chi connectivity index (χ0v) is 17.3. The van der Waals surface area contributed by atoms with E-state index in [4.69, 9.17) is 6.57 Å². The van der Waals surface area contributed by atoms with Crippen LogP contribution >= 0.6 is 0 Å². The summed E-state index contributed by atoms with van der Waals surface area (Å²) >= 11 is 0. The molecule has 3 aromatic heterocycles. The molecule has 156 valence electrons. The molecule has 31 heavy (non-hydrogen) atoms. The first-order valence-electron chi connectivity index (χ1n) is 10.1. The molecular weight excluding hydrogens is 393 g/mol. The highest BCUT2D eigenvalue weighted by atomic mass is 19.1. The molecule has 1 atom stereocenters. The second-order valence-electron chi connectivity index (χ2n) is 7.21. The summed E-state index contributed by atoms with van der Waals surface area (Å²) in [5.74, 6) is -0.0580. The Morgan fingerprint density at radius 1 is 1.19 bits per heavy atom. The molecule has 0 aliphatic carbocycles. The van der Waals surface area contributed by atoms with E-state index < -0.39 is 5.82 Å². The monoisotopic (exact) mass is 415 g/mol. The van der Waals surface area contributed by atoms with Gasteiger partial charge in [-0.2, -0.15) is 0 Å². The second-order valence-corrected chi connectivity index (χ2v) is 7.21. The van der Waals surface area contributed by atoms with Gasteiger partial charge in [-0.15, -0.1) is 0 Å². The standard InChI is InChI=1S/C23H22FN7/c1-4-9-26-17-7-5-15(6-8-17)14(2)30-23-29-13-20(25-3)21(31-23)19-12-28-22-18(19)10-16(24)11-27-22/h5-8,10-14,26H,4,9H2,1-2H3,(H,27,28)(H,29,30,31)/t14-/m1/s1. The van der Waals surface area contributed by atoms with Gasteiger partial charge in [0.1, 0.15) is 11.5 Å². The Labute approximate surface area is 179 Å². The van der Waals surface area contributed by atoms with Crippen molar-refractivity contribution in [2.24, 2.45) is 0 Å². The first-order valence-corrected chi connectivity index (χ1v) is 10.1. The number of hydrogen-bond acceptors (Lipinski definition) is 5. The number of hydrogen-bond donors (Lipinski definition) is 3. The fourth-order valence-corrected chi connectivity index (χ4v) is 3.33.